The fourth-order valence-corrected chi connectivity index (χ4v) is 3.55. The van der Waals surface area contributed by atoms with Crippen molar-refractivity contribution in [1.82, 2.24) is 4.90 Å². The molecule has 1 aliphatic rings. The Morgan fingerprint density at radius 3 is 2.29 bits per heavy atom. The van der Waals surface area contributed by atoms with Gasteiger partial charge in [0.15, 0.2) is 0 Å². The first-order chi connectivity index (χ1) is 13.6. The summed E-state index contributed by atoms with van der Waals surface area (Å²) in [7, 11) is 1.64. The molecular formula is C23H19FN2O2. The fourth-order valence-electron chi connectivity index (χ4n) is 3.55. The molecule has 1 heterocycles. The number of benzene rings is 3. The summed E-state index contributed by atoms with van der Waals surface area (Å²) in [4.78, 5) is 29.5. The summed E-state index contributed by atoms with van der Waals surface area (Å²) in [5.74, 6) is -0.779. The van der Waals surface area contributed by atoms with E-state index in [4.69, 9.17) is 0 Å². The van der Waals surface area contributed by atoms with Crippen molar-refractivity contribution in [2.45, 2.75) is 12.6 Å². The normalized spacial score (nSPS) is 13.9. The molecule has 3 aromatic carbocycles. The predicted octanol–water partition coefficient (Wildman–Crippen LogP) is 4.19. The lowest BCUT2D eigenvalue weighted by molar-refractivity contribution is -0.123. The second-order valence-corrected chi connectivity index (χ2v) is 6.78. The Kier molecular flexibility index (Phi) is 4.65. The van der Waals surface area contributed by atoms with Gasteiger partial charge < -0.3 is 9.80 Å². The van der Waals surface area contributed by atoms with Crippen molar-refractivity contribution in [3.63, 3.8) is 0 Å². The third-order valence-electron chi connectivity index (χ3n) is 5.05. The minimum absolute atomic E-state index is 0.162. The highest BCUT2D eigenvalue weighted by atomic mass is 19.1. The third-order valence-corrected chi connectivity index (χ3v) is 5.05. The quantitative estimate of drug-likeness (QED) is 0.687. The molecule has 1 unspecified atom stereocenters. The standard InChI is InChI=1S/C23H19FN2O2/c1-25(19-13-11-18(24)12-14-19)23(28)21(16-7-3-2-4-8-16)26-15-17-9-5-6-10-20(17)22(26)27/h2-14,21H,15H2,1H3. The average molecular weight is 374 g/mol. The highest BCUT2D eigenvalue weighted by Crippen LogP contribution is 2.33. The number of halogens is 1. The van der Waals surface area contributed by atoms with Gasteiger partial charge in [-0.2, -0.15) is 0 Å². The number of rotatable bonds is 4. The van der Waals surface area contributed by atoms with Crippen LogP contribution in [0.2, 0.25) is 0 Å². The van der Waals surface area contributed by atoms with Gasteiger partial charge in [-0.25, -0.2) is 4.39 Å². The van der Waals surface area contributed by atoms with Gasteiger partial charge in [-0.1, -0.05) is 48.5 Å². The maximum absolute atomic E-state index is 13.5. The minimum Gasteiger partial charge on any atom is -0.318 e. The van der Waals surface area contributed by atoms with E-state index in [-0.39, 0.29) is 17.6 Å². The lowest BCUT2D eigenvalue weighted by Crippen LogP contribution is -2.41. The van der Waals surface area contributed by atoms with Gasteiger partial charge in [0.25, 0.3) is 11.8 Å². The van der Waals surface area contributed by atoms with Gasteiger partial charge in [-0.15, -0.1) is 0 Å². The molecule has 0 bridgehead atoms. The van der Waals surface area contributed by atoms with Crippen molar-refractivity contribution in [2.24, 2.45) is 0 Å². The number of carbonyl (C=O) groups is 2. The van der Waals surface area contributed by atoms with Gasteiger partial charge in [-0.05, 0) is 41.5 Å². The van der Waals surface area contributed by atoms with Crippen LogP contribution >= 0.6 is 0 Å². The molecule has 1 atom stereocenters. The number of carbonyl (C=O) groups excluding carboxylic acids is 2. The topological polar surface area (TPSA) is 40.6 Å². The van der Waals surface area contributed by atoms with E-state index >= 15 is 0 Å². The summed E-state index contributed by atoms with van der Waals surface area (Å²) < 4.78 is 13.3. The van der Waals surface area contributed by atoms with Gasteiger partial charge in [0.05, 0.1) is 0 Å². The van der Waals surface area contributed by atoms with E-state index in [2.05, 4.69) is 0 Å². The van der Waals surface area contributed by atoms with Crippen molar-refractivity contribution >= 4 is 17.5 Å². The van der Waals surface area contributed by atoms with Crippen LogP contribution in [0.1, 0.15) is 27.5 Å². The number of amides is 2. The first-order valence-corrected chi connectivity index (χ1v) is 9.03. The van der Waals surface area contributed by atoms with Gasteiger partial charge in [0.2, 0.25) is 0 Å². The fraction of sp³-hybridized carbons (Fsp3) is 0.130. The molecule has 0 radical (unpaired) electrons. The van der Waals surface area contributed by atoms with Crippen LogP contribution in [0.4, 0.5) is 10.1 Å². The number of hydrogen-bond acceptors (Lipinski definition) is 2. The smallest absolute Gasteiger partial charge is 0.255 e. The molecule has 1 aliphatic heterocycles. The summed E-state index contributed by atoms with van der Waals surface area (Å²) in [6, 6.07) is 21.6. The molecule has 5 heteroatoms. The maximum atomic E-state index is 13.5. The molecule has 140 valence electrons. The lowest BCUT2D eigenvalue weighted by Gasteiger charge is -2.31. The van der Waals surface area contributed by atoms with E-state index in [0.717, 1.165) is 11.1 Å². The van der Waals surface area contributed by atoms with E-state index in [9.17, 15) is 14.0 Å². The van der Waals surface area contributed by atoms with Crippen LogP contribution in [0.3, 0.4) is 0 Å². The highest BCUT2D eigenvalue weighted by molar-refractivity contribution is 6.04. The Bertz CT molecular complexity index is 1020. The van der Waals surface area contributed by atoms with Crippen LogP contribution in [-0.2, 0) is 11.3 Å². The maximum Gasteiger partial charge on any atom is 0.255 e. The van der Waals surface area contributed by atoms with Crippen LogP contribution in [0.5, 0.6) is 0 Å². The van der Waals surface area contributed by atoms with Gasteiger partial charge in [0.1, 0.15) is 11.9 Å². The first-order valence-electron chi connectivity index (χ1n) is 9.03. The zero-order valence-electron chi connectivity index (χ0n) is 15.4. The molecule has 0 N–H and O–H groups in total. The van der Waals surface area contributed by atoms with Crippen LogP contribution in [0.15, 0.2) is 78.9 Å². The summed E-state index contributed by atoms with van der Waals surface area (Å²) in [6.45, 7) is 0.373. The predicted molar refractivity (Wildman–Crippen MR) is 105 cm³/mol. The van der Waals surface area contributed by atoms with E-state index in [0.29, 0.717) is 17.8 Å². The molecule has 2 amide bonds. The number of anilines is 1. The van der Waals surface area contributed by atoms with Crippen LogP contribution < -0.4 is 4.90 Å². The molecule has 4 nitrogen and oxygen atoms in total. The van der Waals surface area contributed by atoms with Crippen molar-refractivity contribution in [3.8, 4) is 0 Å². The van der Waals surface area contributed by atoms with Crippen LogP contribution in [0, 0.1) is 5.82 Å². The number of hydrogen-bond donors (Lipinski definition) is 0. The Morgan fingerprint density at radius 1 is 0.964 bits per heavy atom. The summed E-state index contributed by atoms with van der Waals surface area (Å²) in [5.41, 5.74) is 2.84. The average Bonchev–Trinajstić information content (AvgIpc) is 3.05. The Labute approximate surface area is 162 Å². The number of likely N-dealkylation sites (N-methyl/N-ethyl adjacent to an activating group) is 1. The van der Waals surface area contributed by atoms with E-state index in [1.807, 2.05) is 48.5 Å². The lowest BCUT2D eigenvalue weighted by atomic mass is 10.0. The third kappa shape index (κ3) is 3.16. The van der Waals surface area contributed by atoms with Crippen LogP contribution in [-0.4, -0.2) is 23.8 Å². The van der Waals surface area contributed by atoms with Crippen molar-refractivity contribution in [1.29, 1.82) is 0 Å². The van der Waals surface area contributed by atoms with E-state index in [1.54, 1.807) is 30.1 Å². The first kappa shape index (κ1) is 17.9. The van der Waals surface area contributed by atoms with Crippen molar-refractivity contribution < 1.29 is 14.0 Å². The highest BCUT2D eigenvalue weighted by Gasteiger charge is 2.38. The molecule has 0 aliphatic carbocycles. The SMILES string of the molecule is CN(C(=O)C(c1ccccc1)N1Cc2ccccc2C1=O)c1ccc(F)cc1. The summed E-state index contributed by atoms with van der Waals surface area (Å²) >= 11 is 0. The van der Waals surface area contributed by atoms with Crippen molar-refractivity contribution in [3.05, 3.63) is 101 Å². The second kappa shape index (κ2) is 7.27. The molecule has 4 rings (SSSR count). The number of fused-ring (bicyclic) bond motifs is 1. The molecule has 0 saturated heterocycles. The molecule has 0 fully saturated rings. The van der Waals surface area contributed by atoms with E-state index < -0.39 is 6.04 Å². The monoisotopic (exact) mass is 374 g/mol. The summed E-state index contributed by atoms with van der Waals surface area (Å²) in [6.07, 6.45) is 0. The van der Waals surface area contributed by atoms with Gasteiger partial charge in [-0.3, -0.25) is 9.59 Å². The molecule has 28 heavy (non-hydrogen) atoms. The Morgan fingerprint density at radius 2 is 1.61 bits per heavy atom. The molecule has 0 aromatic heterocycles. The molecule has 0 spiro atoms. The van der Waals surface area contributed by atoms with Crippen LogP contribution in [0.25, 0.3) is 0 Å². The minimum atomic E-state index is -0.767. The van der Waals surface area contributed by atoms with Crippen molar-refractivity contribution in [2.75, 3.05) is 11.9 Å². The molecular weight excluding hydrogens is 355 g/mol. The molecule has 3 aromatic rings. The second-order valence-electron chi connectivity index (χ2n) is 6.78. The zero-order valence-corrected chi connectivity index (χ0v) is 15.4. The largest absolute Gasteiger partial charge is 0.318 e. The number of nitrogens with zero attached hydrogens (tertiary/aromatic N) is 2. The Hall–Kier alpha value is -3.47. The summed E-state index contributed by atoms with van der Waals surface area (Å²) in [5, 5.41) is 0. The van der Waals surface area contributed by atoms with E-state index in [1.165, 1.54) is 17.0 Å². The van der Waals surface area contributed by atoms with Gasteiger partial charge in [0, 0.05) is 24.8 Å². The zero-order chi connectivity index (χ0) is 19.7. The van der Waals surface area contributed by atoms with Gasteiger partial charge >= 0.3 is 0 Å². The molecule has 0 saturated carbocycles. The Balaban J connectivity index is 1.72.